The van der Waals surface area contributed by atoms with E-state index < -0.39 is 23.1 Å². The zero-order valence-corrected chi connectivity index (χ0v) is 17.1. The summed E-state index contributed by atoms with van der Waals surface area (Å²) in [6.45, 7) is 6.10. The SMILES string of the molecule is COc1ccc(C(C)(OC(C)=O)C(C)(OC(C)=O)c2ccc(OC)cc2)cc1. The molecule has 0 aromatic heterocycles. The highest BCUT2D eigenvalue weighted by atomic mass is 16.6. The summed E-state index contributed by atoms with van der Waals surface area (Å²) in [6.07, 6.45) is 0. The molecule has 0 fully saturated rings. The molecule has 0 aliphatic carbocycles. The molecule has 0 saturated heterocycles. The molecule has 0 spiro atoms. The van der Waals surface area contributed by atoms with E-state index in [-0.39, 0.29) is 0 Å². The Morgan fingerprint density at radius 2 is 0.929 bits per heavy atom. The first kappa shape index (κ1) is 21.3. The van der Waals surface area contributed by atoms with Crippen molar-refractivity contribution in [3.8, 4) is 11.5 Å². The molecule has 2 aromatic carbocycles. The quantitative estimate of drug-likeness (QED) is 0.671. The minimum atomic E-state index is -1.30. The van der Waals surface area contributed by atoms with Gasteiger partial charge >= 0.3 is 11.9 Å². The van der Waals surface area contributed by atoms with Gasteiger partial charge in [-0.2, -0.15) is 0 Å². The van der Waals surface area contributed by atoms with E-state index in [2.05, 4.69) is 0 Å². The molecule has 150 valence electrons. The molecule has 2 atom stereocenters. The average Bonchev–Trinajstić information content (AvgIpc) is 2.66. The first-order valence-electron chi connectivity index (χ1n) is 8.84. The summed E-state index contributed by atoms with van der Waals surface area (Å²) in [5.41, 5.74) is -1.29. The molecule has 0 bridgehead atoms. The number of hydrogen-bond donors (Lipinski definition) is 0. The molecule has 2 rings (SSSR count). The van der Waals surface area contributed by atoms with E-state index in [0.29, 0.717) is 22.6 Å². The molecule has 2 aromatic rings. The van der Waals surface area contributed by atoms with E-state index >= 15 is 0 Å². The van der Waals surface area contributed by atoms with Crippen LogP contribution in [0.3, 0.4) is 0 Å². The van der Waals surface area contributed by atoms with Crippen molar-refractivity contribution in [1.82, 2.24) is 0 Å². The van der Waals surface area contributed by atoms with E-state index in [9.17, 15) is 9.59 Å². The number of rotatable bonds is 7. The first-order chi connectivity index (χ1) is 13.2. The number of methoxy groups -OCH3 is 2. The standard InChI is InChI=1S/C22H26O6/c1-15(23)27-21(3,17-7-11-19(25-5)12-8-17)22(4,28-16(2)24)18-9-13-20(26-6)14-10-18/h7-14H,1-6H3. The normalized spacial score (nSPS) is 14.9. The fourth-order valence-corrected chi connectivity index (χ4v) is 3.26. The Morgan fingerprint density at radius 3 is 1.14 bits per heavy atom. The lowest BCUT2D eigenvalue weighted by atomic mass is 9.75. The highest BCUT2D eigenvalue weighted by Crippen LogP contribution is 2.47. The van der Waals surface area contributed by atoms with E-state index in [0.717, 1.165) is 0 Å². The van der Waals surface area contributed by atoms with Gasteiger partial charge in [-0.3, -0.25) is 9.59 Å². The Labute approximate surface area is 165 Å². The van der Waals surface area contributed by atoms with Crippen molar-refractivity contribution >= 4 is 11.9 Å². The lowest BCUT2D eigenvalue weighted by Crippen LogP contribution is -2.50. The van der Waals surface area contributed by atoms with Crippen molar-refractivity contribution < 1.29 is 28.5 Å². The van der Waals surface area contributed by atoms with Crippen LogP contribution in [-0.2, 0) is 30.3 Å². The summed E-state index contributed by atoms with van der Waals surface area (Å²) < 4.78 is 22.0. The van der Waals surface area contributed by atoms with Crippen LogP contribution in [0.1, 0.15) is 38.8 Å². The monoisotopic (exact) mass is 386 g/mol. The van der Waals surface area contributed by atoms with Crippen molar-refractivity contribution in [3.05, 3.63) is 59.7 Å². The Bertz CT molecular complexity index is 756. The summed E-state index contributed by atoms with van der Waals surface area (Å²) in [7, 11) is 3.14. The van der Waals surface area contributed by atoms with Gasteiger partial charge in [0, 0.05) is 13.8 Å². The van der Waals surface area contributed by atoms with Gasteiger partial charge in [-0.25, -0.2) is 0 Å². The van der Waals surface area contributed by atoms with Crippen LogP contribution in [0.4, 0.5) is 0 Å². The molecule has 6 nitrogen and oxygen atoms in total. The van der Waals surface area contributed by atoms with E-state index in [4.69, 9.17) is 18.9 Å². The van der Waals surface area contributed by atoms with Gasteiger partial charge in [0.1, 0.15) is 11.5 Å². The van der Waals surface area contributed by atoms with Gasteiger partial charge in [0.25, 0.3) is 0 Å². The Morgan fingerprint density at radius 1 is 0.643 bits per heavy atom. The largest absolute Gasteiger partial charge is 0.497 e. The maximum absolute atomic E-state index is 12.0. The van der Waals surface area contributed by atoms with Gasteiger partial charge in [0.05, 0.1) is 14.2 Å². The molecular formula is C22H26O6. The van der Waals surface area contributed by atoms with E-state index in [1.54, 1.807) is 76.6 Å². The van der Waals surface area contributed by atoms with E-state index in [1.165, 1.54) is 13.8 Å². The van der Waals surface area contributed by atoms with Crippen LogP contribution in [0.15, 0.2) is 48.5 Å². The molecule has 2 unspecified atom stereocenters. The second kappa shape index (κ2) is 8.33. The summed E-state index contributed by atoms with van der Waals surface area (Å²) in [6, 6.07) is 14.2. The summed E-state index contributed by atoms with van der Waals surface area (Å²) in [5, 5.41) is 0. The maximum atomic E-state index is 12.0. The first-order valence-corrected chi connectivity index (χ1v) is 8.84. The molecule has 0 saturated carbocycles. The minimum absolute atomic E-state index is 0.495. The smallest absolute Gasteiger partial charge is 0.303 e. The topological polar surface area (TPSA) is 71.1 Å². The fourth-order valence-electron chi connectivity index (χ4n) is 3.26. The zero-order valence-electron chi connectivity index (χ0n) is 17.1. The van der Waals surface area contributed by atoms with Gasteiger partial charge in [0.2, 0.25) is 0 Å². The molecular weight excluding hydrogens is 360 g/mol. The zero-order chi connectivity index (χ0) is 20.9. The Kier molecular flexibility index (Phi) is 6.33. The van der Waals surface area contributed by atoms with Crippen LogP contribution >= 0.6 is 0 Å². The Hall–Kier alpha value is -3.02. The van der Waals surface area contributed by atoms with E-state index in [1.807, 2.05) is 0 Å². The maximum Gasteiger partial charge on any atom is 0.303 e. The predicted molar refractivity (Wildman–Crippen MR) is 104 cm³/mol. The lowest BCUT2D eigenvalue weighted by Gasteiger charge is -2.45. The van der Waals surface area contributed by atoms with Crippen molar-refractivity contribution in [2.45, 2.75) is 38.9 Å². The highest BCUT2D eigenvalue weighted by Gasteiger charge is 2.53. The fraction of sp³-hybridized carbons (Fsp3) is 0.364. The van der Waals surface area contributed by atoms with Gasteiger partial charge in [-0.05, 0) is 49.2 Å². The van der Waals surface area contributed by atoms with Crippen molar-refractivity contribution in [2.24, 2.45) is 0 Å². The second-order valence-electron chi connectivity index (χ2n) is 6.71. The molecule has 0 N–H and O–H groups in total. The number of esters is 2. The second-order valence-corrected chi connectivity index (χ2v) is 6.71. The van der Waals surface area contributed by atoms with Crippen LogP contribution in [-0.4, -0.2) is 26.2 Å². The molecule has 0 amide bonds. The van der Waals surface area contributed by atoms with Crippen molar-refractivity contribution in [3.63, 3.8) is 0 Å². The van der Waals surface area contributed by atoms with Crippen LogP contribution in [0.25, 0.3) is 0 Å². The van der Waals surface area contributed by atoms with Crippen LogP contribution in [0.2, 0.25) is 0 Å². The average molecular weight is 386 g/mol. The third kappa shape index (κ3) is 4.11. The summed E-state index contributed by atoms with van der Waals surface area (Å²) in [4.78, 5) is 24.0. The minimum Gasteiger partial charge on any atom is -0.497 e. The van der Waals surface area contributed by atoms with Gasteiger partial charge < -0.3 is 18.9 Å². The number of ether oxygens (including phenoxy) is 4. The molecule has 0 aliphatic heterocycles. The third-order valence-electron chi connectivity index (χ3n) is 4.89. The van der Waals surface area contributed by atoms with Crippen molar-refractivity contribution in [1.29, 1.82) is 0 Å². The van der Waals surface area contributed by atoms with Gasteiger partial charge in [-0.1, -0.05) is 24.3 Å². The lowest BCUT2D eigenvalue weighted by molar-refractivity contribution is -0.211. The number of benzene rings is 2. The molecule has 6 heteroatoms. The Balaban J connectivity index is 2.69. The third-order valence-corrected chi connectivity index (χ3v) is 4.89. The van der Waals surface area contributed by atoms with Crippen molar-refractivity contribution in [2.75, 3.05) is 14.2 Å². The van der Waals surface area contributed by atoms with Crippen LogP contribution in [0, 0.1) is 0 Å². The van der Waals surface area contributed by atoms with Gasteiger partial charge in [-0.15, -0.1) is 0 Å². The molecule has 0 heterocycles. The summed E-state index contributed by atoms with van der Waals surface area (Å²) >= 11 is 0. The molecule has 0 radical (unpaired) electrons. The number of carbonyl (C=O) groups excluding carboxylic acids is 2. The van der Waals surface area contributed by atoms with Crippen LogP contribution < -0.4 is 9.47 Å². The molecule has 0 aliphatic rings. The molecule has 28 heavy (non-hydrogen) atoms. The summed E-state index contributed by atoms with van der Waals surface area (Å²) in [5.74, 6) is 0.329. The predicted octanol–water partition coefficient (Wildman–Crippen LogP) is 3.96. The number of hydrogen-bond acceptors (Lipinski definition) is 6. The van der Waals surface area contributed by atoms with Crippen LogP contribution in [0.5, 0.6) is 11.5 Å². The van der Waals surface area contributed by atoms with Gasteiger partial charge in [0.15, 0.2) is 11.2 Å². The number of carbonyl (C=O) groups is 2. The highest BCUT2D eigenvalue weighted by molar-refractivity contribution is 5.69.